The van der Waals surface area contributed by atoms with Crippen molar-refractivity contribution in [1.29, 1.82) is 0 Å². The molecule has 0 bridgehead atoms. The summed E-state index contributed by atoms with van der Waals surface area (Å²) in [6, 6.07) is 1.51. The van der Waals surface area contributed by atoms with Gasteiger partial charge in [-0.3, -0.25) is 0 Å². The van der Waals surface area contributed by atoms with Crippen molar-refractivity contribution in [2.45, 2.75) is 26.7 Å². The minimum Gasteiger partial charge on any atom is -0.478 e. The molecule has 1 N–H and O–H groups in total. The standard InChI is InChI=1S/C12H13BrN4O2/c1-3-9-15-10(4-2)17(16-9)11-8(12(18)19)5-7(13)6-14-11/h5-6H,3-4H2,1-2H3,(H,18,19). The predicted molar refractivity (Wildman–Crippen MR) is 72.6 cm³/mol. The molecule has 0 saturated heterocycles. The van der Waals surface area contributed by atoms with Gasteiger partial charge < -0.3 is 5.11 Å². The van der Waals surface area contributed by atoms with Crippen molar-refractivity contribution in [3.63, 3.8) is 0 Å². The largest absolute Gasteiger partial charge is 0.478 e. The number of hydrogen-bond acceptors (Lipinski definition) is 4. The van der Waals surface area contributed by atoms with Crippen LogP contribution in [0.4, 0.5) is 0 Å². The molecular formula is C12H13BrN4O2. The number of pyridine rings is 1. The van der Waals surface area contributed by atoms with Crippen LogP contribution in [-0.2, 0) is 12.8 Å². The Kier molecular flexibility index (Phi) is 3.94. The molecule has 0 aliphatic heterocycles. The summed E-state index contributed by atoms with van der Waals surface area (Å²) in [4.78, 5) is 19.8. The number of aromatic nitrogens is 4. The molecule has 2 heterocycles. The fourth-order valence-corrected chi connectivity index (χ4v) is 2.03. The molecule has 7 heteroatoms. The predicted octanol–water partition coefficient (Wildman–Crippen LogP) is 2.25. The van der Waals surface area contributed by atoms with Crippen LogP contribution in [0.2, 0.25) is 0 Å². The summed E-state index contributed by atoms with van der Waals surface area (Å²) < 4.78 is 2.12. The van der Waals surface area contributed by atoms with E-state index in [1.54, 1.807) is 6.20 Å². The Morgan fingerprint density at radius 1 is 1.42 bits per heavy atom. The first-order valence-electron chi connectivity index (χ1n) is 5.90. The summed E-state index contributed by atoms with van der Waals surface area (Å²) in [6.45, 7) is 3.89. The van der Waals surface area contributed by atoms with E-state index in [4.69, 9.17) is 0 Å². The van der Waals surface area contributed by atoms with Crippen molar-refractivity contribution < 1.29 is 9.90 Å². The van der Waals surface area contributed by atoms with Gasteiger partial charge in [-0.1, -0.05) is 13.8 Å². The van der Waals surface area contributed by atoms with Gasteiger partial charge in [0.05, 0.1) is 0 Å². The minimum absolute atomic E-state index is 0.0941. The van der Waals surface area contributed by atoms with Crippen molar-refractivity contribution >= 4 is 21.9 Å². The van der Waals surface area contributed by atoms with Gasteiger partial charge in [0.25, 0.3) is 0 Å². The molecule has 0 radical (unpaired) electrons. The van der Waals surface area contributed by atoms with Crippen LogP contribution in [0.3, 0.4) is 0 Å². The first-order valence-corrected chi connectivity index (χ1v) is 6.70. The molecular weight excluding hydrogens is 312 g/mol. The quantitative estimate of drug-likeness (QED) is 0.932. The van der Waals surface area contributed by atoms with E-state index in [-0.39, 0.29) is 5.56 Å². The Balaban J connectivity index is 2.64. The lowest BCUT2D eigenvalue weighted by Gasteiger charge is -2.07. The highest BCUT2D eigenvalue weighted by atomic mass is 79.9. The van der Waals surface area contributed by atoms with E-state index < -0.39 is 5.97 Å². The van der Waals surface area contributed by atoms with Crippen LogP contribution in [0.25, 0.3) is 5.82 Å². The first kappa shape index (κ1) is 13.7. The molecule has 2 aromatic heterocycles. The fraction of sp³-hybridized carbons (Fsp3) is 0.333. The topological polar surface area (TPSA) is 80.9 Å². The zero-order chi connectivity index (χ0) is 14.0. The maximum absolute atomic E-state index is 11.3. The smallest absolute Gasteiger partial charge is 0.339 e. The van der Waals surface area contributed by atoms with Gasteiger partial charge >= 0.3 is 5.97 Å². The number of nitrogens with zero attached hydrogens (tertiary/aromatic N) is 4. The molecule has 0 amide bonds. The lowest BCUT2D eigenvalue weighted by molar-refractivity contribution is 0.0696. The van der Waals surface area contributed by atoms with Crippen LogP contribution in [0.15, 0.2) is 16.7 Å². The molecule has 0 atom stereocenters. The molecule has 2 aromatic rings. The number of carboxylic acids is 1. The van der Waals surface area contributed by atoms with Gasteiger partial charge in [-0.25, -0.2) is 14.8 Å². The maximum atomic E-state index is 11.3. The Morgan fingerprint density at radius 3 is 2.74 bits per heavy atom. The highest BCUT2D eigenvalue weighted by Gasteiger charge is 2.18. The van der Waals surface area contributed by atoms with Gasteiger partial charge in [-0.05, 0) is 22.0 Å². The summed E-state index contributed by atoms with van der Waals surface area (Å²) >= 11 is 3.22. The lowest BCUT2D eigenvalue weighted by Crippen LogP contribution is -2.11. The Morgan fingerprint density at radius 2 is 2.16 bits per heavy atom. The van der Waals surface area contributed by atoms with Gasteiger partial charge in [0.1, 0.15) is 11.4 Å². The minimum atomic E-state index is -1.04. The summed E-state index contributed by atoms with van der Waals surface area (Å²) in [5.41, 5.74) is 0.0941. The monoisotopic (exact) mass is 324 g/mol. The molecule has 2 rings (SSSR count). The Labute approximate surface area is 118 Å². The second kappa shape index (κ2) is 5.48. The molecule has 0 saturated carbocycles. The van der Waals surface area contributed by atoms with Crippen LogP contribution in [0.5, 0.6) is 0 Å². The zero-order valence-electron chi connectivity index (χ0n) is 10.6. The van der Waals surface area contributed by atoms with Gasteiger partial charge in [0, 0.05) is 23.5 Å². The molecule has 0 fully saturated rings. The molecule has 0 aliphatic rings. The number of aryl methyl sites for hydroxylation is 2. The number of hydrogen-bond donors (Lipinski definition) is 1. The summed E-state index contributed by atoms with van der Waals surface area (Å²) in [6.07, 6.45) is 2.90. The van der Waals surface area contributed by atoms with Gasteiger partial charge in [0.15, 0.2) is 11.6 Å². The Bertz CT molecular complexity index is 624. The van der Waals surface area contributed by atoms with Crippen LogP contribution < -0.4 is 0 Å². The van der Waals surface area contributed by atoms with Crippen molar-refractivity contribution in [3.05, 3.63) is 33.9 Å². The number of halogens is 1. The highest BCUT2D eigenvalue weighted by molar-refractivity contribution is 9.10. The van der Waals surface area contributed by atoms with Gasteiger partial charge in [-0.2, -0.15) is 4.68 Å². The molecule has 0 aromatic carbocycles. The van der Waals surface area contributed by atoms with E-state index in [0.717, 1.165) is 0 Å². The molecule has 6 nitrogen and oxygen atoms in total. The third-order valence-electron chi connectivity index (χ3n) is 2.61. The first-order chi connectivity index (χ1) is 9.06. The van der Waals surface area contributed by atoms with E-state index in [0.29, 0.717) is 34.8 Å². The van der Waals surface area contributed by atoms with Crippen molar-refractivity contribution in [1.82, 2.24) is 19.7 Å². The fourth-order valence-electron chi connectivity index (χ4n) is 1.70. The highest BCUT2D eigenvalue weighted by Crippen LogP contribution is 2.18. The average Bonchev–Trinajstić information content (AvgIpc) is 2.81. The third kappa shape index (κ3) is 2.65. The molecule has 0 spiro atoms. The lowest BCUT2D eigenvalue weighted by atomic mass is 10.2. The van der Waals surface area contributed by atoms with Gasteiger partial charge in [0.2, 0.25) is 0 Å². The summed E-state index contributed by atoms with van der Waals surface area (Å²) in [7, 11) is 0. The van der Waals surface area contributed by atoms with E-state index in [1.807, 2.05) is 13.8 Å². The zero-order valence-corrected chi connectivity index (χ0v) is 12.2. The van der Waals surface area contributed by atoms with Crippen LogP contribution in [-0.4, -0.2) is 30.8 Å². The van der Waals surface area contributed by atoms with E-state index in [2.05, 4.69) is 31.0 Å². The average molecular weight is 325 g/mol. The van der Waals surface area contributed by atoms with E-state index in [1.165, 1.54) is 10.7 Å². The van der Waals surface area contributed by atoms with Crippen molar-refractivity contribution in [3.8, 4) is 5.82 Å². The number of rotatable bonds is 4. The van der Waals surface area contributed by atoms with Crippen LogP contribution in [0, 0.1) is 0 Å². The molecule has 19 heavy (non-hydrogen) atoms. The SMILES string of the molecule is CCc1nc(CC)n(-c2ncc(Br)cc2C(=O)O)n1. The Hall–Kier alpha value is -1.76. The van der Waals surface area contributed by atoms with Crippen LogP contribution in [0.1, 0.15) is 35.9 Å². The second-order valence-corrected chi connectivity index (χ2v) is 4.81. The second-order valence-electron chi connectivity index (χ2n) is 3.89. The molecule has 100 valence electrons. The maximum Gasteiger partial charge on any atom is 0.339 e. The van der Waals surface area contributed by atoms with Crippen molar-refractivity contribution in [2.24, 2.45) is 0 Å². The van der Waals surface area contributed by atoms with E-state index in [9.17, 15) is 9.90 Å². The summed E-state index contributed by atoms with van der Waals surface area (Å²) in [5, 5.41) is 13.6. The number of aromatic carboxylic acids is 1. The number of carbonyl (C=O) groups is 1. The van der Waals surface area contributed by atoms with Crippen LogP contribution >= 0.6 is 15.9 Å². The normalized spacial score (nSPS) is 10.7. The number of carboxylic acid groups (broad SMARTS) is 1. The molecule has 0 unspecified atom stereocenters. The van der Waals surface area contributed by atoms with Gasteiger partial charge in [-0.15, -0.1) is 5.10 Å². The molecule has 0 aliphatic carbocycles. The van der Waals surface area contributed by atoms with E-state index >= 15 is 0 Å². The summed E-state index contributed by atoms with van der Waals surface area (Å²) in [5.74, 6) is 0.631. The third-order valence-corrected chi connectivity index (χ3v) is 3.05. The van der Waals surface area contributed by atoms with Crippen molar-refractivity contribution in [2.75, 3.05) is 0 Å².